The van der Waals surface area contributed by atoms with Crippen LogP contribution in [0.3, 0.4) is 0 Å². The van der Waals surface area contributed by atoms with E-state index in [2.05, 4.69) is 10.6 Å². The standard InChI is InChI=1S/C24H24N2O2/c1-2-12-22(27)25-23(28)26-24(19-13-6-3-7-14-19,20-15-8-4-9-16-20)21-17-10-5-11-18-21/h3-11,13-18H,2,12H2,1H3,(H2,25,26,27,28). The highest BCUT2D eigenvalue weighted by Crippen LogP contribution is 2.36. The quantitative estimate of drug-likeness (QED) is 0.621. The molecule has 0 aliphatic carbocycles. The summed E-state index contributed by atoms with van der Waals surface area (Å²) >= 11 is 0. The van der Waals surface area contributed by atoms with Gasteiger partial charge in [0.2, 0.25) is 5.91 Å². The molecule has 0 fully saturated rings. The van der Waals surface area contributed by atoms with Crippen LogP contribution >= 0.6 is 0 Å². The van der Waals surface area contributed by atoms with Crippen LogP contribution < -0.4 is 10.6 Å². The third-order valence-corrected chi connectivity index (χ3v) is 4.65. The van der Waals surface area contributed by atoms with Crippen LogP contribution in [0, 0.1) is 0 Å². The van der Waals surface area contributed by atoms with Crippen molar-refractivity contribution in [2.24, 2.45) is 0 Å². The van der Waals surface area contributed by atoms with Gasteiger partial charge in [0.1, 0.15) is 5.54 Å². The van der Waals surface area contributed by atoms with E-state index in [-0.39, 0.29) is 5.91 Å². The number of imide groups is 1. The van der Waals surface area contributed by atoms with Crippen LogP contribution in [0.5, 0.6) is 0 Å². The Balaban J connectivity index is 2.14. The minimum atomic E-state index is -0.930. The monoisotopic (exact) mass is 372 g/mol. The van der Waals surface area contributed by atoms with Gasteiger partial charge in [-0.25, -0.2) is 4.79 Å². The van der Waals surface area contributed by atoms with Crippen LogP contribution in [-0.4, -0.2) is 11.9 Å². The van der Waals surface area contributed by atoms with E-state index in [4.69, 9.17) is 0 Å². The molecule has 2 N–H and O–H groups in total. The highest BCUT2D eigenvalue weighted by molar-refractivity contribution is 5.95. The average molecular weight is 372 g/mol. The van der Waals surface area contributed by atoms with Crippen LogP contribution in [-0.2, 0) is 10.3 Å². The van der Waals surface area contributed by atoms with Gasteiger partial charge < -0.3 is 5.32 Å². The van der Waals surface area contributed by atoms with Gasteiger partial charge in [0.05, 0.1) is 0 Å². The molecule has 3 aromatic rings. The Morgan fingerprint density at radius 3 is 1.46 bits per heavy atom. The number of nitrogens with one attached hydrogen (secondary N) is 2. The van der Waals surface area contributed by atoms with Crippen LogP contribution in [0.25, 0.3) is 0 Å². The van der Waals surface area contributed by atoms with Gasteiger partial charge in [-0.05, 0) is 23.1 Å². The number of amides is 3. The number of carbonyl (C=O) groups is 2. The molecule has 3 rings (SSSR count). The average Bonchev–Trinajstić information content (AvgIpc) is 2.74. The first-order chi connectivity index (χ1) is 13.7. The van der Waals surface area contributed by atoms with Gasteiger partial charge in [0.25, 0.3) is 0 Å². The Labute approximate surface area is 165 Å². The number of urea groups is 1. The summed E-state index contributed by atoms with van der Waals surface area (Å²) in [4.78, 5) is 24.8. The summed E-state index contributed by atoms with van der Waals surface area (Å²) in [5.74, 6) is -0.289. The minimum absolute atomic E-state index is 0.289. The van der Waals surface area contributed by atoms with E-state index in [0.29, 0.717) is 12.8 Å². The number of carbonyl (C=O) groups excluding carboxylic acids is 2. The maximum Gasteiger partial charge on any atom is 0.322 e. The highest BCUT2D eigenvalue weighted by Gasteiger charge is 2.38. The van der Waals surface area contributed by atoms with Crippen LogP contribution in [0.2, 0.25) is 0 Å². The fourth-order valence-electron chi connectivity index (χ4n) is 3.40. The van der Waals surface area contributed by atoms with Crippen LogP contribution in [0.4, 0.5) is 4.79 Å². The van der Waals surface area contributed by atoms with Gasteiger partial charge >= 0.3 is 6.03 Å². The molecule has 0 aliphatic rings. The second-order valence-corrected chi connectivity index (χ2v) is 6.60. The van der Waals surface area contributed by atoms with Crippen molar-refractivity contribution < 1.29 is 9.59 Å². The molecule has 0 spiro atoms. The molecular weight excluding hydrogens is 348 g/mol. The summed E-state index contributed by atoms with van der Waals surface area (Å²) in [6.07, 6.45) is 0.989. The molecule has 3 amide bonds. The summed E-state index contributed by atoms with van der Waals surface area (Å²) in [6, 6.07) is 28.8. The first kappa shape index (κ1) is 19.4. The van der Waals surface area contributed by atoms with Crippen molar-refractivity contribution in [2.75, 3.05) is 0 Å². The lowest BCUT2D eigenvalue weighted by Gasteiger charge is -2.36. The summed E-state index contributed by atoms with van der Waals surface area (Å²) < 4.78 is 0. The van der Waals surface area contributed by atoms with Crippen molar-refractivity contribution in [3.8, 4) is 0 Å². The number of hydrogen-bond acceptors (Lipinski definition) is 2. The molecule has 0 atom stereocenters. The molecule has 0 unspecified atom stereocenters. The first-order valence-electron chi connectivity index (χ1n) is 9.45. The van der Waals surface area contributed by atoms with E-state index in [0.717, 1.165) is 16.7 Å². The van der Waals surface area contributed by atoms with Gasteiger partial charge in [0, 0.05) is 6.42 Å². The summed E-state index contributed by atoms with van der Waals surface area (Å²) in [7, 11) is 0. The Kier molecular flexibility index (Phi) is 6.22. The number of hydrogen-bond donors (Lipinski definition) is 2. The van der Waals surface area contributed by atoms with Gasteiger partial charge in [-0.3, -0.25) is 10.1 Å². The van der Waals surface area contributed by atoms with E-state index in [1.165, 1.54) is 0 Å². The van der Waals surface area contributed by atoms with Gasteiger partial charge in [-0.2, -0.15) is 0 Å². The molecule has 0 saturated heterocycles. The van der Waals surface area contributed by atoms with E-state index in [1.807, 2.05) is 97.9 Å². The van der Waals surface area contributed by atoms with E-state index in [9.17, 15) is 9.59 Å². The molecule has 0 aliphatic heterocycles. The van der Waals surface area contributed by atoms with Crippen LogP contribution in [0.15, 0.2) is 91.0 Å². The molecule has 0 aromatic heterocycles. The zero-order valence-electron chi connectivity index (χ0n) is 15.9. The Bertz CT molecular complexity index is 812. The predicted octanol–water partition coefficient (Wildman–Crippen LogP) is 4.60. The molecule has 0 bridgehead atoms. The summed E-state index contributed by atoms with van der Waals surface area (Å²) in [6.45, 7) is 1.90. The molecule has 0 heterocycles. The molecule has 0 radical (unpaired) electrons. The van der Waals surface area contributed by atoms with Crippen molar-refractivity contribution in [3.63, 3.8) is 0 Å². The second kappa shape index (κ2) is 9.00. The fourth-order valence-corrected chi connectivity index (χ4v) is 3.40. The van der Waals surface area contributed by atoms with Crippen molar-refractivity contribution in [1.29, 1.82) is 0 Å². The lowest BCUT2D eigenvalue weighted by Crippen LogP contribution is -2.52. The molecule has 4 heteroatoms. The second-order valence-electron chi connectivity index (χ2n) is 6.60. The van der Waals surface area contributed by atoms with E-state index < -0.39 is 11.6 Å². The maximum atomic E-state index is 12.8. The predicted molar refractivity (Wildman–Crippen MR) is 111 cm³/mol. The minimum Gasteiger partial charge on any atom is -0.320 e. The fraction of sp³-hybridized carbons (Fsp3) is 0.167. The molecule has 142 valence electrons. The maximum absolute atomic E-state index is 12.8. The van der Waals surface area contributed by atoms with Crippen molar-refractivity contribution in [3.05, 3.63) is 108 Å². The van der Waals surface area contributed by atoms with Crippen molar-refractivity contribution in [2.45, 2.75) is 25.3 Å². The first-order valence-corrected chi connectivity index (χ1v) is 9.45. The lowest BCUT2D eigenvalue weighted by molar-refractivity contribution is -0.120. The van der Waals surface area contributed by atoms with Crippen molar-refractivity contribution in [1.82, 2.24) is 10.6 Å². The van der Waals surface area contributed by atoms with Gasteiger partial charge in [-0.15, -0.1) is 0 Å². The molecular formula is C24H24N2O2. The Morgan fingerprint density at radius 1 is 0.714 bits per heavy atom. The third-order valence-electron chi connectivity index (χ3n) is 4.65. The van der Waals surface area contributed by atoms with E-state index >= 15 is 0 Å². The zero-order valence-corrected chi connectivity index (χ0v) is 15.9. The lowest BCUT2D eigenvalue weighted by atomic mass is 9.77. The van der Waals surface area contributed by atoms with Crippen molar-refractivity contribution >= 4 is 11.9 Å². The van der Waals surface area contributed by atoms with Crippen LogP contribution in [0.1, 0.15) is 36.5 Å². The smallest absolute Gasteiger partial charge is 0.320 e. The summed E-state index contributed by atoms with van der Waals surface area (Å²) in [5.41, 5.74) is 1.79. The normalized spacial score (nSPS) is 10.9. The molecule has 4 nitrogen and oxygen atoms in total. The zero-order chi connectivity index (χ0) is 19.8. The SMILES string of the molecule is CCCC(=O)NC(=O)NC(c1ccccc1)(c1ccccc1)c1ccccc1. The Morgan fingerprint density at radius 2 is 1.11 bits per heavy atom. The molecule has 3 aromatic carbocycles. The number of benzene rings is 3. The topological polar surface area (TPSA) is 58.2 Å². The number of rotatable bonds is 6. The summed E-state index contributed by atoms with van der Waals surface area (Å²) in [5, 5.41) is 5.55. The van der Waals surface area contributed by atoms with Gasteiger partial charge in [0.15, 0.2) is 0 Å². The largest absolute Gasteiger partial charge is 0.322 e. The molecule has 28 heavy (non-hydrogen) atoms. The molecule has 0 saturated carbocycles. The van der Waals surface area contributed by atoms with E-state index in [1.54, 1.807) is 0 Å². The highest BCUT2D eigenvalue weighted by atomic mass is 16.2. The third kappa shape index (κ3) is 4.12. The van der Waals surface area contributed by atoms with Gasteiger partial charge in [-0.1, -0.05) is 97.9 Å². The Hall–Kier alpha value is -3.40.